The average Bonchev–Trinajstić information content (AvgIpc) is 2.47. The largest absolute Gasteiger partial charge is 0.378 e. The van der Waals surface area contributed by atoms with E-state index >= 15 is 0 Å². The van der Waals surface area contributed by atoms with Gasteiger partial charge in [-0.25, -0.2) is 0 Å². The third-order valence-electron chi connectivity index (χ3n) is 4.02. The summed E-state index contributed by atoms with van der Waals surface area (Å²) in [6, 6.07) is 17.9. The van der Waals surface area contributed by atoms with Gasteiger partial charge in [-0.05, 0) is 35.1 Å². The van der Waals surface area contributed by atoms with Gasteiger partial charge in [0, 0.05) is 16.3 Å². The lowest BCUT2D eigenvalue weighted by molar-refractivity contribution is 0.589. The highest BCUT2D eigenvalue weighted by Gasteiger charge is 2.23. The molecule has 0 spiro atoms. The quantitative estimate of drug-likeness (QED) is 0.770. The number of hydrogen-bond donors (Lipinski definition) is 1. The van der Waals surface area contributed by atoms with Gasteiger partial charge in [-0.2, -0.15) is 0 Å². The first-order valence-corrected chi connectivity index (χ1v) is 8.62. The van der Waals surface area contributed by atoms with Crippen LogP contribution in [0.15, 0.2) is 53.4 Å². The van der Waals surface area contributed by atoms with Crippen molar-refractivity contribution in [3.8, 4) is 0 Å². The Labute approximate surface area is 132 Å². The third kappa shape index (κ3) is 3.11. The Balaban J connectivity index is 1.92. The van der Waals surface area contributed by atoms with Gasteiger partial charge in [-0.1, -0.05) is 57.2 Å². The summed E-state index contributed by atoms with van der Waals surface area (Å²) in [6.07, 6.45) is 1.18. The van der Waals surface area contributed by atoms with E-state index in [1.54, 1.807) is 0 Å². The van der Waals surface area contributed by atoms with E-state index in [1.807, 2.05) is 11.8 Å². The molecule has 0 aliphatic carbocycles. The Bertz CT molecular complexity index is 627. The van der Waals surface area contributed by atoms with Crippen molar-refractivity contribution in [1.29, 1.82) is 0 Å². The molecule has 1 aliphatic heterocycles. The van der Waals surface area contributed by atoms with Crippen molar-refractivity contribution < 1.29 is 0 Å². The summed E-state index contributed by atoms with van der Waals surface area (Å²) in [5, 5.41) is 3.80. The first-order valence-electron chi connectivity index (χ1n) is 7.63. The molecule has 2 aromatic carbocycles. The average molecular weight is 297 g/mol. The van der Waals surface area contributed by atoms with Crippen LogP contribution in [0, 0.1) is 0 Å². The molecule has 0 saturated heterocycles. The van der Waals surface area contributed by atoms with Crippen LogP contribution in [0.3, 0.4) is 0 Å². The summed E-state index contributed by atoms with van der Waals surface area (Å²) in [5.41, 5.74) is 4.27. The fraction of sp³-hybridized carbons (Fsp3) is 0.368. The number of para-hydroxylation sites is 1. The fourth-order valence-corrected chi connectivity index (χ4v) is 4.07. The van der Waals surface area contributed by atoms with Crippen molar-refractivity contribution in [2.75, 3.05) is 11.1 Å². The summed E-state index contributed by atoms with van der Waals surface area (Å²) in [4.78, 5) is 1.43. The van der Waals surface area contributed by atoms with Crippen LogP contribution < -0.4 is 5.32 Å². The first kappa shape index (κ1) is 14.5. The number of anilines is 1. The molecule has 0 amide bonds. The van der Waals surface area contributed by atoms with Gasteiger partial charge in [0.25, 0.3) is 0 Å². The molecule has 0 bridgehead atoms. The van der Waals surface area contributed by atoms with E-state index < -0.39 is 0 Å². The molecule has 0 radical (unpaired) electrons. The zero-order chi connectivity index (χ0) is 14.9. The maximum atomic E-state index is 3.80. The number of hydrogen-bond acceptors (Lipinski definition) is 2. The van der Waals surface area contributed by atoms with Crippen molar-refractivity contribution in [2.24, 2.45) is 0 Å². The molecule has 1 aliphatic rings. The minimum Gasteiger partial charge on any atom is -0.378 e. The summed E-state index contributed by atoms with van der Waals surface area (Å²) < 4.78 is 0. The second-order valence-corrected chi connectivity index (χ2v) is 7.80. The number of rotatable bonds is 2. The lowest BCUT2D eigenvalue weighted by atomic mass is 9.85. The van der Waals surface area contributed by atoms with Gasteiger partial charge in [-0.3, -0.25) is 0 Å². The van der Waals surface area contributed by atoms with E-state index in [-0.39, 0.29) is 5.41 Å². The molecule has 1 nitrogen and oxygen atoms in total. The first-order chi connectivity index (χ1) is 10.1. The summed E-state index contributed by atoms with van der Waals surface area (Å²) in [7, 11) is 0. The lowest BCUT2D eigenvalue weighted by Crippen LogP contribution is -2.20. The second kappa shape index (κ2) is 5.76. The normalized spacial score (nSPS) is 18.1. The lowest BCUT2D eigenvalue weighted by Gasteiger charge is -2.30. The van der Waals surface area contributed by atoms with E-state index in [1.165, 1.54) is 33.9 Å². The van der Waals surface area contributed by atoms with Crippen molar-refractivity contribution in [3.05, 3.63) is 59.7 Å². The van der Waals surface area contributed by atoms with Gasteiger partial charge in [0.05, 0.1) is 6.04 Å². The number of benzene rings is 2. The van der Waals surface area contributed by atoms with Crippen molar-refractivity contribution in [1.82, 2.24) is 0 Å². The molecule has 21 heavy (non-hydrogen) atoms. The minimum absolute atomic E-state index is 0.159. The molecule has 2 heteroatoms. The highest BCUT2D eigenvalue weighted by Crippen LogP contribution is 2.39. The van der Waals surface area contributed by atoms with E-state index in [0.717, 1.165) is 0 Å². The van der Waals surface area contributed by atoms with Gasteiger partial charge in [0.2, 0.25) is 0 Å². The van der Waals surface area contributed by atoms with Crippen LogP contribution in [0.2, 0.25) is 0 Å². The van der Waals surface area contributed by atoms with Crippen LogP contribution in [0.4, 0.5) is 5.69 Å². The Morgan fingerprint density at radius 2 is 1.71 bits per heavy atom. The number of nitrogens with one attached hydrogen (secondary N) is 1. The molecular formula is C19H23NS. The van der Waals surface area contributed by atoms with Gasteiger partial charge in [-0.15, -0.1) is 11.8 Å². The predicted octanol–water partition coefficient (Wildman–Crippen LogP) is 5.63. The van der Waals surface area contributed by atoms with Gasteiger partial charge in [0.15, 0.2) is 0 Å². The zero-order valence-electron chi connectivity index (χ0n) is 13.0. The molecule has 0 aromatic heterocycles. The maximum absolute atomic E-state index is 3.80. The smallest absolute Gasteiger partial charge is 0.0532 e. The Morgan fingerprint density at radius 1 is 1.00 bits per heavy atom. The molecule has 2 aromatic rings. The molecule has 0 saturated carbocycles. The van der Waals surface area contributed by atoms with Crippen LogP contribution in [-0.2, 0) is 5.41 Å². The van der Waals surface area contributed by atoms with Crippen molar-refractivity contribution >= 4 is 17.4 Å². The Hall–Kier alpha value is -1.41. The van der Waals surface area contributed by atoms with Gasteiger partial charge < -0.3 is 5.32 Å². The molecule has 1 atom stereocenters. The molecule has 110 valence electrons. The third-order valence-corrected chi connectivity index (χ3v) is 5.15. The molecule has 1 N–H and O–H groups in total. The Kier molecular flexibility index (Phi) is 3.99. The van der Waals surface area contributed by atoms with Crippen LogP contribution in [0.25, 0.3) is 0 Å². The zero-order valence-corrected chi connectivity index (χ0v) is 13.8. The molecule has 0 fully saturated rings. The van der Waals surface area contributed by atoms with E-state index in [9.17, 15) is 0 Å². The highest BCUT2D eigenvalue weighted by molar-refractivity contribution is 7.99. The fourth-order valence-electron chi connectivity index (χ4n) is 2.94. The molecular weight excluding hydrogens is 274 g/mol. The molecule has 1 heterocycles. The monoisotopic (exact) mass is 297 g/mol. The number of thioether (sulfide) groups is 1. The van der Waals surface area contributed by atoms with E-state index in [2.05, 4.69) is 74.6 Å². The van der Waals surface area contributed by atoms with Crippen LogP contribution in [-0.4, -0.2) is 5.75 Å². The number of fused-ring (bicyclic) bond motifs is 1. The standard InChI is InChI=1S/C19H23NS/c1-19(2,3)15-9-5-6-10-17(15)20-16-12-13-21-18-11-7-4-8-14(16)18/h4-11,16,20H,12-13H2,1-3H3. The highest BCUT2D eigenvalue weighted by atomic mass is 32.2. The summed E-state index contributed by atoms with van der Waals surface area (Å²) in [5.74, 6) is 1.19. The Morgan fingerprint density at radius 3 is 2.52 bits per heavy atom. The minimum atomic E-state index is 0.159. The molecule has 3 rings (SSSR count). The van der Waals surface area contributed by atoms with E-state index in [4.69, 9.17) is 0 Å². The van der Waals surface area contributed by atoms with Crippen LogP contribution >= 0.6 is 11.8 Å². The van der Waals surface area contributed by atoms with Gasteiger partial charge in [0.1, 0.15) is 0 Å². The van der Waals surface area contributed by atoms with Crippen LogP contribution in [0.5, 0.6) is 0 Å². The van der Waals surface area contributed by atoms with Gasteiger partial charge >= 0.3 is 0 Å². The van der Waals surface area contributed by atoms with E-state index in [0.29, 0.717) is 6.04 Å². The van der Waals surface area contributed by atoms with Crippen LogP contribution in [0.1, 0.15) is 44.4 Å². The topological polar surface area (TPSA) is 12.0 Å². The SMILES string of the molecule is CC(C)(C)c1ccccc1NC1CCSc2ccccc21. The van der Waals surface area contributed by atoms with Crippen molar-refractivity contribution in [3.63, 3.8) is 0 Å². The summed E-state index contributed by atoms with van der Waals surface area (Å²) in [6.45, 7) is 6.83. The maximum Gasteiger partial charge on any atom is 0.0532 e. The second-order valence-electron chi connectivity index (χ2n) is 6.67. The predicted molar refractivity (Wildman–Crippen MR) is 93.3 cm³/mol. The van der Waals surface area contributed by atoms with Crippen molar-refractivity contribution in [2.45, 2.75) is 43.5 Å². The summed E-state index contributed by atoms with van der Waals surface area (Å²) >= 11 is 1.97. The molecule has 1 unspecified atom stereocenters.